The molecule has 8 aliphatic carbocycles. The number of hydrogen-bond donors (Lipinski definition) is 0. The summed E-state index contributed by atoms with van der Waals surface area (Å²) < 4.78 is 2.53. The molecule has 4 bridgehead atoms. The molecule has 0 radical (unpaired) electrons. The lowest BCUT2D eigenvalue weighted by Gasteiger charge is -2.38. The minimum atomic E-state index is -0.280. The van der Waals surface area contributed by atoms with E-state index in [1.165, 1.54) is 71.6 Å². The van der Waals surface area contributed by atoms with Gasteiger partial charge in [0.25, 0.3) is 0 Å². The van der Waals surface area contributed by atoms with Crippen LogP contribution in [0.15, 0.2) is 42.5 Å². The number of nitrogens with zero attached hydrogens (tertiary/aromatic N) is 1. The van der Waals surface area contributed by atoms with Crippen LogP contribution < -0.4 is 0 Å². The highest BCUT2D eigenvalue weighted by molar-refractivity contribution is 6.28. The summed E-state index contributed by atoms with van der Waals surface area (Å²) in [5.74, 6) is 0.687. The van der Waals surface area contributed by atoms with Crippen molar-refractivity contribution in [1.82, 2.24) is 4.40 Å². The molecule has 14 rings (SSSR count). The monoisotopic (exact) mass is 641 g/mol. The van der Waals surface area contributed by atoms with Crippen LogP contribution in [0.25, 0.3) is 49.2 Å². The van der Waals surface area contributed by atoms with Crippen molar-refractivity contribution in [3.05, 3.63) is 87.0 Å². The van der Waals surface area contributed by atoms with E-state index in [1.807, 2.05) is 0 Å². The average Bonchev–Trinajstić information content (AvgIpc) is 3.53. The van der Waals surface area contributed by atoms with Gasteiger partial charge in [-0.05, 0) is 157 Å². The molecule has 244 valence electrons. The molecular weight excluding hydrogens is 599 g/mol. The van der Waals surface area contributed by atoms with Crippen LogP contribution in [0.2, 0.25) is 0 Å². The third-order valence-electron chi connectivity index (χ3n) is 15.8. The van der Waals surface area contributed by atoms with Crippen molar-refractivity contribution in [3.8, 4) is 11.1 Å². The summed E-state index contributed by atoms with van der Waals surface area (Å²) >= 11 is 0. The smallest absolute Gasteiger partial charge is 0.169 e. The van der Waals surface area contributed by atoms with Crippen LogP contribution in [0, 0.1) is 10.8 Å². The highest BCUT2D eigenvalue weighted by Gasteiger charge is 2.50. The van der Waals surface area contributed by atoms with E-state index >= 15 is 0 Å². The molecule has 3 heteroatoms. The largest absolute Gasteiger partial charge is 0.308 e. The van der Waals surface area contributed by atoms with Gasteiger partial charge in [0.15, 0.2) is 11.6 Å². The standard InChI is InChI=1S/C46H43NO2/c1-43-12-16-45(3,17-13-43)41(48)28-22-34-30(20-32(28)43)38-26-10-8-24-6-5-7-25-9-11-27(37(26)36(24)25)39-31-21-33-29(23-35(31)47(34)40(38)39)42(49)46(4)18-14-44(33,2)15-19-46/h5-7,20-23H,8-19H2,1-4H3. The number of ketones is 2. The number of hydrogen-bond acceptors (Lipinski definition) is 2. The number of aryl methyl sites for hydroxylation is 4. The van der Waals surface area contributed by atoms with Crippen molar-refractivity contribution in [1.29, 1.82) is 0 Å². The maximum absolute atomic E-state index is 14.5. The zero-order valence-corrected chi connectivity index (χ0v) is 29.3. The van der Waals surface area contributed by atoms with Gasteiger partial charge in [0, 0.05) is 43.5 Å². The Hall–Kier alpha value is -3.98. The van der Waals surface area contributed by atoms with Crippen LogP contribution in [0.1, 0.15) is 133 Å². The van der Waals surface area contributed by atoms with Crippen molar-refractivity contribution in [2.75, 3.05) is 0 Å². The van der Waals surface area contributed by atoms with E-state index in [-0.39, 0.29) is 21.7 Å². The Morgan fingerprint density at radius 2 is 0.959 bits per heavy atom. The first kappa shape index (κ1) is 27.8. The molecule has 49 heavy (non-hydrogen) atoms. The van der Waals surface area contributed by atoms with Gasteiger partial charge in [-0.3, -0.25) is 9.59 Å². The topological polar surface area (TPSA) is 38.5 Å². The van der Waals surface area contributed by atoms with Crippen LogP contribution in [-0.2, 0) is 36.5 Å². The van der Waals surface area contributed by atoms with Crippen LogP contribution >= 0.6 is 0 Å². The van der Waals surface area contributed by atoms with Crippen LogP contribution in [0.4, 0.5) is 0 Å². The second kappa shape index (κ2) is 8.31. The predicted octanol–water partition coefficient (Wildman–Crippen LogP) is 10.8. The number of Topliss-reactive ketones (excluding diaryl/α,β-unsaturated/α-hetero) is 2. The number of carbonyl (C=O) groups is 2. The van der Waals surface area contributed by atoms with Gasteiger partial charge < -0.3 is 4.40 Å². The fourth-order valence-corrected chi connectivity index (χ4v) is 12.4. The van der Waals surface area contributed by atoms with Crippen molar-refractivity contribution in [3.63, 3.8) is 0 Å². The molecule has 6 aromatic rings. The summed E-state index contributed by atoms with van der Waals surface area (Å²) in [6, 6.07) is 16.6. The molecule has 0 aliphatic heterocycles. The maximum atomic E-state index is 14.5. The van der Waals surface area contributed by atoms with Gasteiger partial charge in [-0.15, -0.1) is 0 Å². The molecule has 0 spiro atoms. The molecule has 2 fully saturated rings. The molecule has 2 heterocycles. The first-order valence-corrected chi connectivity index (χ1v) is 19.1. The minimum Gasteiger partial charge on any atom is -0.308 e. The van der Waals surface area contributed by atoms with E-state index in [9.17, 15) is 9.59 Å². The summed E-state index contributed by atoms with van der Waals surface area (Å²) in [5, 5.41) is 5.45. The summed E-state index contributed by atoms with van der Waals surface area (Å²) in [6.45, 7) is 9.29. The molecule has 0 saturated heterocycles. The molecule has 3 nitrogen and oxygen atoms in total. The predicted molar refractivity (Wildman–Crippen MR) is 198 cm³/mol. The molecule has 2 saturated carbocycles. The Morgan fingerprint density at radius 3 is 1.41 bits per heavy atom. The Balaban J connectivity index is 1.31. The van der Waals surface area contributed by atoms with Gasteiger partial charge in [-0.2, -0.15) is 0 Å². The number of rotatable bonds is 0. The maximum Gasteiger partial charge on any atom is 0.169 e. The van der Waals surface area contributed by atoms with E-state index in [0.717, 1.165) is 99.2 Å². The van der Waals surface area contributed by atoms with Crippen molar-refractivity contribution in [2.45, 2.75) is 116 Å². The van der Waals surface area contributed by atoms with Gasteiger partial charge in [0.1, 0.15) is 0 Å². The van der Waals surface area contributed by atoms with E-state index in [0.29, 0.717) is 11.6 Å². The lowest BCUT2D eigenvalue weighted by molar-refractivity contribution is 0.0726. The molecule has 8 aliphatic rings. The van der Waals surface area contributed by atoms with E-state index in [4.69, 9.17) is 0 Å². The summed E-state index contributed by atoms with van der Waals surface area (Å²) in [6.07, 6.45) is 12.4. The fraction of sp³-hybridized carbons (Fsp3) is 0.435. The molecule has 0 unspecified atom stereocenters. The minimum absolute atomic E-state index is 0.0214. The molecular formula is C46H43NO2. The normalized spacial score (nSPS) is 31.1. The molecule has 0 atom stereocenters. The number of aromatic nitrogens is 1. The van der Waals surface area contributed by atoms with Crippen molar-refractivity contribution >= 4 is 49.7 Å². The number of benzene rings is 4. The number of carbonyl (C=O) groups excluding carboxylic acids is 2. The first-order chi connectivity index (χ1) is 23.5. The van der Waals surface area contributed by atoms with Crippen molar-refractivity contribution < 1.29 is 9.59 Å². The first-order valence-electron chi connectivity index (χ1n) is 19.1. The molecule has 0 N–H and O–H groups in total. The summed E-state index contributed by atoms with van der Waals surface area (Å²) in [7, 11) is 0. The van der Waals surface area contributed by atoms with Gasteiger partial charge in [-0.25, -0.2) is 0 Å². The third-order valence-corrected chi connectivity index (χ3v) is 15.8. The second-order valence-corrected chi connectivity index (χ2v) is 18.4. The Morgan fingerprint density at radius 1 is 0.531 bits per heavy atom. The zero-order chi connectivity index (χ0) is 33.0. The molecule has 0 amide bonds. The quantitative estimate of drug-likeness (QED) is 0.166. The highest BCUT2D eigenvalue weighted by atomic mass is 16.1. The molecule has 4 aromatic carbocycles. The molecule has 2 aromatic heterocycles. The zero-order valence-electron chi connectivity index (χ0n) is 29.3. The van der Waals surface area contributed by atoms with E-state index < -0.39 is 0 Å². The van der Waals surface area contributed by atoms with Crippen LogP contribution in [0.5, 0.6) is 0 Å². The Kier molecular flexibility index (Phi) is 4.71. The third kappa shape index (κ3) is 3.04. The Labute approximate surface area is 287 Å². The number of fused-ring (bicyclic) bond motifs is 12. The van der Waals surface area contributed by atoms with Crippen LogP contribution in [0.3, 0.4) is 0 Å². The van der Waals surface area contributed by atoms with Gasteiger partial charge >= 0.3 is 0 Å². The van der Waals surface area contributed by atoms with Gasteiger partial charge in [0.2, 0.25) is 0 Å². The average molecular weight is 642 g/mol. The highest BCUT2D eigenvalue weighted by Crippen LogP contribution is 2.58. The van der Waals surface area contributed by atoms with Crippen molar-refractivity contribution in [2.24, 2.45) is 10.8 Å². The van der Waals surface area contributed by atoms with E-state index in [1.54, 1.807) is 0 Å². The summed E-state index contributed by atoms with van der Waals surface area (Å²) in [5.41, 5.74) is 16.7. The van der Waals surface area contributed by atoms with Gasteiger partial charge in [-0.1, -0.05) is 45.9 Å². The second-order valence-electron chi connectivity index (χ2n) is 18.4. The van der Waals surface area contributed by atoms with E-state index in [2.05, 4.69) is 74.6 Å². The SMILES string of the molecule is CC12CCC(C)(CC1)c1cc3c4c5c6c(c7c8cc9c(cc8n(c3cc1C2=O)c47)C(=O)C1(C)CCC9(C)CC1)CCc1cccc(c1-6)CC5. The van der Waals surface area contributed by atoms with Crippen LogP contribution in [-0.4, -0.2) is 16.0 Å². The lowest BCUT2D eigenvalue weighted by atomic mass is 9.65. The summed E-state index contributed by atoms with van der Waals surface area (Å²) in [4.78, 5) is 29.0. The Bertz CT molecular complexity index is 2420. The lowest BCUT2D eigenvalue weighted by Crippen LogP contribution is -2.33. The van der Waals surface area contributed by atoms with Gasteiger partial charge in [0.05, 0.1) is 16.6 Å². The fourth-order valence-electron chi connectivity index (χ4n) is 12.4.